The van der Waals surface area contributed by atoms with E-state index in [4.69, 9.17) is 5.73 Å². The van der Waals surface area contributed by atoms with Crippen LogP contribution in [0.3, 0.4) is 0 Å². The number of carbonyl (C=O) groups excluding carboxylic acids is 1. The Labute approximate surface area is 84.3 Å². The predicted molar refractivity (Wildman–Crippen MR) is 56.9 cm³/mol. The van der Waals surface area contributed by atoms with Gasteiger partial charge in [-0.3, -0.25) is 4.79 Å². The largest absolute Gasteiger partial charge is 0.358 e. The molecule has 1 aromatic rings. The molecule has 3 nitrogen and oxygen atoms in total. The Kier molecular flexibility index (Phi) is 3.65. The van der Waals surface area contributed by atoms with E-state index in [0.717, 1.165) is 5.56 Å². The van der Waals surface area contributed by atoms with E-state index < -0.39 is 6.04 Å². The molecule has 0 radical (unpaired) electrons. The molecule has 1 unspecified atom stereocenters. The Morgan fingerprint density at radius 2 is 2.29 bits per heavy atom. The smallest absolute Gasteiger partial charge is 0.237 e. The summed E-state index contributed by atoms with van der Waals surface area (Å²) < 4.78 is 0. The molecule has 14 heavy (non-hydrogen) atoms. The molecule has 0 saturated heterocycles. The lowest BCUT2D eigenvalue weighted by Gasteiger charge is -2.10. The molecule has 0 aliphatic heterocycles. The monoisotopic (exact) mass is 192 g/mol. The van der Waals surface area contributed by atoms with E-state index in [2.05, 4.69) is 5.32 Å². The van der Waals surface area contributed by atoms with Crippen molar-refractivity contribution in [3.05, 3.63) is 35.4 Å². The fraction of sp³-hybridized carbons (Fsp3) is 0.364. The van der Waals surface area contributed by atoms with Crippen LogP contribution >= 0.6 is 0 Å². The van der Waals surface area contributed by atoms with Gasteiger partial charge in [0.1, 0.15) is 0 Å². The highest BCUT2D eigenvalue weighted by Crippen LogP contribution is 2.05. The predicted octanol–water partition coefficient (Wildman–Crippen LogP) is 0.611. The molecule has 1 atom stereocenters. The second-order valence-electron chi connectivity index (χ2n) is 3.41. The summed E-state index contributed by atoms with van der Waals surface area (Å²) in [6.07, 6.45) is 0.585. The number of nitrogens with one attached hydrogen (secondary N) is 1. The summed E-state index contributed by atoms with van der Waals surface area (Å²) in [5.41, 5.74) is 7.98. The number of likely N-dealkylation sites (N-methyl/N-ethyl adjacent to an activating group) is 1. The number of carbonyl (C=O) groups is 1. The van der Waals surface area contributed by atoms with Crippen LogP contribution in [0.4, 0.5) is 0 Å². The molecule has 3 heteroatoms. The molecule has 1 rings (SSSR count). The molecule has 1 aromatic carbocycles. The van der Waals surface area contributed by atoms with Gasteiger partial charge in [0.15, 0.2) is 0 Å². The first-order valence-corrected chi connectivity index (χ1v) is 4.66. The summed E-state index contributed by atoms with van der Waals surface area (Å²) in [6, 6.07) is 7.57. The maximum absolute atomic E-state index is 11.2. The van der Waals surface area contributed by atoms with Gasteiger partial charge >= 0.3 is 0 Å². The van der Waals surface area contributed by atoms with Crippen molar-refractivity contribution in [3.63, 3.8) is 0 Å². The number of amides is 1. The Morgan fingerprint density at radius 3 is 2.86 bits per heavy atom. The number of nitrogens with two attached hydrogens (primary N) is 1. The molecule has 0 aliphatic carbocycles. The van der Waals surface area contributed by atoms with Gasteiger partial charge in [0.25, 0.3) is 0 Å². The third kappa shape index (κ3) is 2.85. The molecule has 0 fully saturated rings. The van der Waals surface area contributed by atoms with Gasteiger partial charge in [-0.1, -0.05) is 29.8 Å². The van der Waals surface area contributed by atoms with Crippen LogP contribution in [-0.2, 0) is 11.2 Å². The number of rotatable bonds is 3. The van der Waals surface area contributed by atoms with Crippen molar-refractivity contribution < 1.29 is 4.79 Å². The zero-order valence-corrected chi connectivity index (χ0v) is 8.58. The SMILES string of the molecule is CNC(=O)C(N)Cc1cccc(C)c1. The standard InChI is InChI=1S/C11H16N2O/c1-8-4-3-5-9(6-8)7-10(12)11(14)13-2/h3-6,10H,7,12H2,1-2H3,(H,13,14). The number of aryl methyl sites for hydroxylation is 1. The van der Waals surface area contributed by atoms with Gasteiger partial charge in [0.2, 0.25) is 5.91 Å². The third-order valence-electron chi connectivity index (χ3n) is 2.12. The average Bonchev–Trinajstić information content (AvgIpc) is 2.16. The summed E-state index contributed by atoms with van der Waals surface area (Å²) in [5, 5.41) is 2.54. The lowest BCUT2D eigenvalue weighted by atomic mass is 10.0. The third-order valence-corrected chi connectivity index (χ3v) is 2.12. The van der Waals surface area contributed by atoms with Gasteiger partial charge in [-0.05, 0) is 18.9 Å². The zero-order valence-electron chi connectivity index (χ0n) is 8.58. The van der Waals surface area contributed by atoms with Crippen LogP contribution in [0.1, 0.15) is 11.1 Å². The minimum absolute atomic E-state index is 0.119. The van der Waals surface area contributed by atoms with Crippen LogP contribution in [0.2, 0.25) is 0 Å². The minimum atomic E-state index is -0.457. The quantitative estimate of drug-likeness (QED) is 0.737. The van der Waals surface area contributed by atoms with Crippen LogP contribution in [0.5, 0.6) is 0 Å². The van der Waals surface area contributed by atoms with Crippen LogP contribution < -0.4 is 11.1 Å². The summed E-state index contributed by atoms with van der Waals surface area (Å²) in [6.45, 7) is 2.02. The second kappa shape index (κ2) is 4.77. The van der Waals surface area contributed by atoms with Crippen molar-refractivity contribution in [2.45, 2.75) is 19.4 Å². The first kappa shape index (κ1) is 10.7. The maximum atomic E-state index is 11.2. The summed E-state index contributed by atoms with van der Waals surface area (Å²) in [5.74, 6) is -0.119. The molecule has 76 valence electrons. The number of benzene rings is 1. The lowest BCUT2D eigenvalue weighted by molar-refractivity contribution is -0.121. The molecule has 0 bridgehead atoms. The molecule has 0 spiro atoms. The summed E-state index contributed by atoms with van der Waals surface area (Å²) >= 11 is 0. The van der Waals surface area contributed by atoms with Crippen molar-refractivity contribution in [1.29, 1.82) is 0 Å². The van der Waals surface area contributed by atoms with Crippen molar-refractivity contribution >= 4 is 5.91 Å². The average molecular weight is 192 g/mol. The van der Waals surface area contributed by atoms with Crippen molar-refractivity contribution in [3.8, 4) is 0 Å². The molecule has 0 aromatic heterocycles. The molecular formula is C11H16N2O. The first-order chi connectivity index (χ1) is 6.63. The zero-order chi connectivity index (χ0) is 10.6. The van der Waals surface area contributed by atoms with Crippen LogP contribution in [-0.4, -0.2) is 19.0 Å². The fourth-order valence-corrected chi connectivity index (χ4v) is 1.37. The molecular weight excluding hydrogens is 176 g/mol. The second-order valence-corrected chi connectivity index (χ2v) is 3.41. The molecule has 3 N–H and O–H groups in total. The van der Waals surface area contributed by atoms with Gasteiger partial charge < -0.3 is 11.1 Å². The van der Waals surface area contributed by atoms with E-state index in [0.29, 0.717) is 6.42 Å². The van der Waals surface area contributed by atoms with Gasteiger partial charge in [0.05, 0.1) is 6.04 Å². The topological polar surface area (TPSA) is 55.1 Å². The summed E-state index contributed by atoms with van der Waals surface area (Å²) in [7, 11) is 1.60. The maximum Gasteiger partial charge on any atom is 0.237 e. The van der Waals surface area contributed by atoms with Crippen LogP contribution in [0.25, 0.3) is 0 Å². The normalized spacial score (nSPS) is 12.2. The van der Waals surface area contributed by atoms with Gasteiger partial charge in [-0.25, -0.2) is 0 Å². The Bertz CT molecular complexity index is 323. The molecule has 0 heterocycles. The lowest BCUT2D eigenvalue weighted by Crippen LogP contribution is -2.40. The van der Waals surface area contributed by atoms with E-state index in [1.807, 2.05) is 31.2 Å². The number of hydrogen-bond donors (Lipinski definition) is 2. The van der Waals surface area contributed by atoms with E-state index in [1.54, 1.807) is 7.05 Å². The van der Waals surface area contributed by atoms with E-state index in [1.165, 1.54) is 5.56 Å². The fourth-order valence-electron chi connectivity index (χ4n) is 1.37. The minimum Gasteiger partial charge on any atom is -0.358 e. The van der Waals surface area contributed by atoms with E-state index in [9.17, 15) is 4.79 Å². The van der Waals surface area contributed by atoms with Gasteiger partial charge in [-0.2, -0.15) is 0 Å². The van der Waals surface area contributed by atoms with Crippen LogP contribution in [0.15, 0.2) is 24.3 Å². The number of hydrogen-bond acceptors (Lipinski definition) is 2. The van der Waals surface area contributed by atoms with Crippen LogP contribution in [0, 0.1) is 6.92 Å². The first-order valence-electron chi connectivity index (χ1n) is 4.66. The Hall–Kier alpha value is -1.35. The highest BCUT2D eigenvalue weighted by atomic mass is 16.2. The van der Waals surface area contributed by atoms with Crippen molar-refractivity contribution in [2.75, 3.05) is 7.05 Å². The van der Waals surface area contributed by atoms with E-state index in [-0.39, 0.29) is 5.91 Å². The van der Waals surface area contributed by atoms with Gasteiger partial charge in [-0.15, -0.1) is 0 Å². The van der Waals surface area contributed by atoms with Crippen molar-refractivity contribution in [2.24, 2.45) is 5.73 Å². The molecule has 1 amide bonds. The highest BCUT2D eigenvalue weighted by molar-refractivity contribution is 5.81. The highest BCUT2D eigenvalue weighted by Gasteiger charge is 2.11. The molecule has 0 saturated carbocycles. The summed E-state index contributed by atoms with van der Waals surface area (Å²) in [4.78, 5) is 11.2. The van der Waals surface area contributed by atoms with Crippen molar-refractivity contribution in [1.82, 2.24) is 5.32 Å². The van der Waals surface area contributed by atoms with Gasteiger partial charge in [0, 0.05) is 7.05 Å². The Morgan fingerprint density at radius 1 is 1.57 bits per heavy atom. The van der Waals surface area contributed by atoms with E-state index >= 15 is 0 Å². The Balaban J connectivity index is 2.64. The molecule has 0 aliphatic rings.